The van der Waals surface area contributed by atoms with Crippen LogP contribution in [0.2, 0.25) is 0 Å². The molecule has 16 heavy (non-hydrogen) atoms. The lowest BCUT2D eigenvalue weighted by molar-refractivity contribution is -0.129. The Morgan fingerprint density at radius 3 is 2.69 bits per heavy atom. The largest absolute Gasteiger partial charge is 0.368 e. The van der Waals surface area contributed by atoms with Gasteiger partial charge in [0.2, 0.25) is 0 Å². The van der Waals surface area contributed by atoms with Gasteiger partial charge in [0.1, 0.15) is 6.10 Å². The van der Waals surface area contributed by atoms with E-state index in [1.165, 1.54) is 5.56 Å². The average molecular weight is 219 g/mol. The van der Waals surface area contributed by atoms with E-state index < -0.39 is 0 Å². The number of hydrogen-bond donors (Lipinski definition) is 1. The molecule has 1 saturated heterocycles. The van der Waals surface area contributed by atoms with Crippen LogP contribution in [0.15, 0.2) is 24.3 Å². The highest BCUT2D eigenvalue weighted by atomic mass is 16.5. The summed E-state index contributed by atoms with van der Waals surface area (Å²) in [5, 5.41) is 2.87. The van der Waals surface area contributed by atoms with Crippen LogP contribution in [-0.4, -0.2) is 18.6 Å². The van der Waals surface area contributed by atoms with Gasteiger partial charge in [-0.2, -0.15) is 0 Å². The van der Waals surface area contributed by atoms with E-state index in [4.69, 9.17) is 4.74 Å². The molecule has 1 fully saturated rings. The molecule has 1 heterocycles. The molecule has 1 aliphatic heterocycles. The minimum Gasteiger partial charge on any atom is -0.368 e. The Labute approximate surface area is 95.8 Å². The van der Waals surface area contributed by atoms with Crippen molar-refractivity contribution in [2.75, 3.05) is 11.9 Å². The summed E-state index contributed by atoms with van der Waals surface area (Å²) in [6.07, 6.45) is 2.70. The van der Waals surface area contributed by atoms with E-state index >= 15 is 0 Å². The Balaban J connectivity index is 1.93. The Bertz CT molecular complexity index is 353. The number of benzene rings is 1. The van der Waals surface area contributed by atoms with Crippen LogP contribution in [-0.2, 0) is 9.53 Å². The van der Waals surface area contributed by atoms with E-state index in [-0.39, 0.29) is 12.0 Å². The summed E-state index contributed by atoms with van der Waals surface area (Å²) in [6.45, 7) is 2.72. The van der Waals surface area contributed by atoms with Crippen LogP contribution in [0.5, 0.6) is 0 Å². The lowest BCUT2D eigenvalue weighted by Gasteiger charge is -2.21. The molecule has 1 atom stereocenters. The molecule has 0 radical (unpaired) electrons. The van der Waals surface area contributed by atoms with Crippen LogP contribution < -0.4 is 5.32 Å². The van der Waals surface area contributed by atoms with Gasteiger partial charge in [-0.05, 0) is 38.3 Å². The summed E-state index contributed by atoms with van der Waals surface area (Å²) in [4.78, 5) is 11.8. The number of nitrogens with one attached hydrogen (secondary N) is 1. The number of carbonyl (C=O) groups excluding carboxylic acids is 1. The third kappa shape index (κ3) is 2.83. The van der Waals surface area contributed by atoms with Crippen molar-refractivity contribution in [1.82, 2.24) is 0 Å². The van der Waals surface area contributed by atoms with Gasteiger partial charge in [-0.15, -0.1) is 0 Å². The van der Waals surface area contributed by atoms with Crippen molar-refractivity contribution in [3.63, 3.8) is 0 Å². The summed E-state index contributed by atoms with van der Waals surface area (Å²) in [6, 6.07) is 7.79. The molecular formula is C13H17NO2. The maximum absolute atomic E-state index is 11.8. The molecule has 1 N–H and O–H groups in total. The second-order valence-corrected chi connectivity index (χ2v) is 4.21. The number of anilines is 1. The van der Waals surface area contributed by atoms with Gasteiger partial charge in [-0.1, -0.05) is 17.7 Å². The van der Waals surface area contributed by atoms with Crippen LogP contribution in [0.4, 0.5) is 5.69 Å². The summed E-state index contributed by atoms with van der Waals surface area (Å²) < 4.78 is 5.42. The Kier molecular flexibility index (Phi) is 3.57. The van der Waals surface area contributed by atoms with Crippen LogP contribution >= 0.6 is 0 Å². The molecule has 1 unspecified atom stereocenters. The van der Waals surface area contributed by atoms with E-state index in [9.17, 15) is 4.79 Å². The van der Waals surface area contributed by atoms with Crippen molar-refractivity contribution in [3.05, 3.63) is 29.8 Å². The van der Waals surface area contributed by atoms with Gasteiger partial charge in [-0.3, -0.25) is 4.79 Å². The molecule has 86 valence electrons. The number of aryl methyl sites for hydroxylation is 1. The molecule has 0 aromatic heterocycles. The Morgan fingerprint density at radius 1 is 1.31 bits per heavy atom. The molecule has 3 nitrogen and oxygen atoms in total. The summed E-state index contributed by atoms with van der Waals surface area (Å²) >= 11 is 0. The zero-order chi connectivity index (χ0) is 11.4. The summed E-state index contributed by atoms with van der Waals surface area (Å²) in [5.41, 5.74) is 2.02. The van der Waals surface area contributed by atoms with Crippen molar-refractivity contribution in [3.8, 4) is 0 Å². The van der Waals surface area contributed by atoms with Crippen molar-refractivity contribution < 1.29 is 9.53 Å². The molecule has 3 heteroatoms. The molecule has 1 aromatic carbocycles. The highest BCUT2D eigenvalue weighted by molar-refractivity contribution is 5.94. The molecule has 0 saturated carbocycles. The van der Waals surface area contributed by atoms with Gasteiger partial charge in [0, 0.05) is 12.3 Å². The SMILES string of the molecule is Cc1ccc(NC(=O)C2CCCCO2)cc1. The first-order chi connectivity index (χ1) is 7.75. The molecule has 0 spiro atoms. The molecule has 1 amide bonds. The topological polar surface area (TPSA) is 38.3 Å². The van der Waals surface area contributed by atoms with E-state index in [1.54, 1.807) is 0 Å². The van der Waals surface area contributed by atoms with Crippen molar-refractivity contribution >= 4 is 11.6 Å². The number of carbonyl (C=O) groups is 1. The van der Waals surface area contributed by atoms with Gasteiger partial charge in [0.05, 0.1) is 0 Å². The number of ether oxygens (including phenoxy) is 1. The van der Waals surface area contributed by atoms with Gasteiger partial charge in [0.15, 0.2) is 0 Å². The molecular weight excluding hydrogens is 202 g/mol. The van der Waals surface area contributed by atoms with Gasteiger partial charge >= 0.3 is 0 Å². The summed E-state index contributed by atoms with van der Waals surface area (Å²) in [7, 11) is 0. The lowest BCUT2D eigenvalue weighted by atomic mass is 10.1. The highest BCUT2D eigenvalue weighted by Crippen LogP contribution is 2.15. The third-order valence-corrected chi connectivity index (χ3v) is 2.79. The van der Waals surface area contributed by atoms with E-state index in [1.807, 2.05) is 31.2 Å². The first-order valence-corrected chi connectivity index (χ1v) is 5.75. The second kappa shape index (κ2) is 5.12. The normalized spacial score (nSPS) is 20.4. The van der Waals surface area contributed by atoms with Crippen LogP contribution in [0.1, 0.15) is 24.8 Å². The van der Waals surface area contributed by atoms with Crippen LogP contribution in [0.3, 0.4) is 0 Å². The van der Waals surface area contributed by atoms with Crippen molar-refractivity contribution in [2.24, 2.45) is 0 Å². The first kappa shape index (κ1) is 11.1. The molecule has 0 bridgehead atoms. The highest BCUT2D eigenvalue weighted by Gasteiger charge is 2.21. The van der Waals surface area contributed by atoms with Gasteiger partial charge in [-0.25, -0.2) is 0 Å². The third-order valence-electron chi connectivity index (χ3n) is 2.79. The molecule has 1 aliphatic rings. The predicted octanol–water partition coefficient (Wildman–Crippen LogP) is 2.50. The predicted molar refractivity (Wildman–Crippen MR) is 63.4 cm³/mol. The standard InChI is InChI=1S/C13H17NO2/c1-10-5-7-11(8-6-10)14-13(15)12-4-2-3-9-16-12/h5-8,12H,2-4,9H2,1H3,(H,14,15). The van der Waals surface area contributed by atoms with E-state index in [0.717, 1.165) is 24.9 Å². The van der Waals surface area contributed by atoms with Crippen LogP contribution in [0, 0.1) is 6.92 Å². The number of hydrogen-bond acceptors (Lipinski definition) is 2. The summed E-state index contributed by atoms with van der Waals surface area (Å²) in [5.74, 6) is -0.0245. The maximum Gasteiger partial charge on any atom is 0.253 e. The zero-order valence-electron chi connectivity index (χ0n) is 9.53. The first-order valence-electron chi connectivity index (χ1n) is 5.75. The van der Waals surface area contributed by atoms with E-state index in [2.05, 4.69) is 5.32 Å². The average Bonchev–Trinajstić information content (AvgIpc) is 2.33. The van der Waals surface area contributed by atoms with Crippen molar-refractivity contribution in [1.29, 1.82) is 0 Å². The van der Waals surface area contributed by atoms with E-state index in [0.29, 0.717) is 6.61 Å². The van der Waals surface area contributed by atoms with Crippen molar-refractivity contribution in [2.45, 2.75) is 32.3 Å². The lowest BCUT2D eigenvalue weighted by Crippen LogP contribution is -2.33. The Hall–Kier alpha value is -1.35. The molecule has 0 aliphatic carbocycles. The zero-order valence-corrected chi connectivity index (χ0v) is 9.53. The minimum atomic E-state index is -0.268. The fourth-order valence-corrected chi connectivity index (χ4v) is 1.81. The van der Waals surface area contributed by atoms with Gasteiger partial charge in [0.25, 0.3) is 5.91 Å². The second-order valence-electron chi connectivity index (χ2n) is 4.21. The van der Waals surface area contributed by atoms with Gasteiger partial charge < -0.3 is 10.1 Å². The van der Waals surface area contributed by atoms with Crippen LogP contribution in [0.25, 0.3) is 0 Å². The smallest absolute Gasteiger partial charge is 0.253 e. The minimum absolute atomic E-state index is 0.0245. The molecule has 1 aromatic rings. The number of amides is 1. The maximum atomic E-state index is 11.8. The molecule has 2 rings (SSSR count). The number of rotatable bonds is 2. The quantitative estimate of drug-likeness (QED) is 0.830. The Morgan fingerprint density at radius 2 is 2.06 bits per heavy atom. The fourth-order valence-electron chi connectivity index (χ4n) is 1.81. The fraction of sp³-hybridized carbons (Fsp3) is 0.462. The monoisotopic (exact) mass is 219 g/mol.